The van der Waals surface area contributed by atoms with Gasteiger partial charge in [-0.15, -0.1) is 69.6 Å². The lowest BCUT2D eigenvalue weighted by Crippen LogP contribution is -2.46. The highest BCUT2D eigenvalue weighted by Crippen LogP contribution is 2.30. The summed E-state index contributed by atoms with van der Waals surface area (Å²) in [5.41, 5.74) is 1.08. The molecular weight excluding hydrogens is 1810 g/mol. The van der Waals surface area contributed by atoms with Crippen molar-refractivity contribution in [3.63, 3.8) is 0 Å². The number of nitrogens with one attached hydrogen (secondary N) is 5. The predicted octanol–water partition coefficient (Wildman–Crippen LogP) is 22.0. The van der Waals surface area contributed by atoms with Crippen molar-refractivity contribution in [2.45, 2.75) is 307 Å². The molecule has 41 heteroatoms. The average molecular weight is 1960 g/mol. The lowest BCUT2D eigenvalue weighted by Gasteiger charge is -2.34. The Morgan fingerprint density at radius 3 is 0.857 bits per heavy atom. The molecule has 4 amide bonds. The van der Waals surface area contributed by atoms with E-state index in [1.807, 2.05) is 6.07 Å². The van der Waals surface area contributed by atoms with Crippen molar-refractivity contribution in [1.29, 1.82) is 0 Å². The summed E-state index contributed by atoms with van der Waals surface area (Å²) in [6, 6.07) is 13.2. The number of aliphatic carboxylic acids is 1. The molecule has 0 spiro atoms. The maximum Gasteiger partial charge on any atom is 0.303 e. The highest BCUT2D eigenvalue weighted by atomic mass is 35.6. The fraction of sp³-hybridized carbons (Fsp3) is 0.817. The van der Waals surface area contributed by atoms with E-state index in [-0.39, 0.29) is 30.0 Å². The molecule has 0 aliphatic carbocycles. The molecule has 7 N–H and O–H groups in total. The van der Waals surface area contributed by atoms with Crippen LogP contribution in [-0.2, 0) is 44.5 Å². The summed E-state index contributed by atoms with van der Waals surface area (Å²) in [6.07, 6.45) is 18.2. The summed E-state index contributed by atoms with van der Waals surface area (Å²) in [5.74, 6) is 2.66. The molecule has 0 fully saturated rings. The zero-order valence-corrected chi connectivity index (χ0v) is 93.4. The summed E-state index contributed by atoms with van der Waals surface area (Å²) in [5, 5.41) is 20.9. The van der Waals surface area contributed by atoms with E-state index in [2.05, 4.69) is 197 Å². The normalized spacial score (nSPS) is 12.2. The van der Waals surface area contributed by atoms with Crippen molar-refractivity contribution in [1.82, 2.24) is 41.2 Å². The number of H-pyrrole nitrogens is 1. The highest BCUT2D eigenvalue weighted by Gasteiger charge is 2.37. The van der Waals surface area contributed by atoms with Crippen molar-refractivity contribution in [2.24, 2.45) is 0 Å². The highest BCUT2D eigenvalue weighted by molar-refractivity contribution is 8.00. The number of halogens is 7. The maximum atomic E-state index is 11.3. The van der Waals surface area contributed by atoms with Gasteiger partial charge in [0.15, 0.2) is 109 Å². The number of thioether (sulfide) groups is 1. The molecule has 2 aromatic rings. The van der Waals surface area contributed by atoms with Crippen LogP contribution in [0.3, 0.4) is 0 Å². The summed E-state index contributed by atoms with van der Waals surface area (Å²) in [6.45, 7) is 52.6. The van der Waals surface area contributed by atoms with E-state index in [1.165, 1.54) is 12.1 Å². The monoisotopic (exact) mass is 1960 g/mol. The Bertz CT molecular complexity index is 2790. The minimum atomic E-state index is -1.87. The van der Waals surface area contributed by atoms with Crippen LogP contribution >= 0.6 is 105 Å². The van der Waals surface area contributed by atoms with Crippen molar-refractivity contribution in [3.8, 4) is 0 Å². The minimum absolute atomic E-state index is 0.109. The van der Waals surface area contributed by atoms with Gasteiger partial charge in [0.1, 0.15) is 0 Å². The molecule has 0 saturated carbocycles. The molecule has 0 atom stereocenters. The largest absolute Gasteiger partial charge is 0.481 e. The summed E-state index contributed by atoms with van der Waals surface area (Å²) in [7, 11) is -12.9. The van der Waals surface area contributed by atoms with E-state index in [0.29, 0.717) is 47.3 Å². The van der Waals surface area contributed by atoms with Gasteiger partial charge in [0.05, 0.1) is 0 Å². The standard InChI is InChI=1S/C14H27N3O2SSi2.C12H28ClNO2Si2.C11H25ClO3Si2.C10H24Cl2OSi2.C10H24ClNO2Si2.C7H16ClNOSi.C4H4N2S.C3H9ClOSi/c1-15-13(18)8-6-11-21(2,3)19-22(4,5)12-20-14-16-9-7-10-17-14;1-14-12(15)8-6-10-17(2,3)16-18(4,5)11-7-9-13;1-16(2,9-5-7-11(13)14)15-17(3,4)10-6-8-12;1-14(2,9-5-7-11)13-15(3,4)10-6-8-12;1-12-10(13)7-6-8-15(2,3)14-16(4,5)9-11;1-9-7(10)5-4-6-11(2,3)8;7-4-5-2-1-3-6-4;1-6(2,5)3-4/h7,9-10H,6,8,11-12H2,1-5H3,(H,15,18);6-11H2,1-5H3,(H,14,15);5-10H2,1-4H3,(H,13,14);5-10H2,1-4H3;6-9H2,1-5H3,(H,12,13);4-6H2,1-3H3,(H,9,10);1-3H,(H,5,6,7);5H,3H2,1-2H3. The number of amides is 4. The first-order valence-corrected chi connectivity index (χ1v) is 82.5. The van der Waals surface area contributed by atoms with E-state index in [4.69, 9.17) is 111 Å². The van der Waals surface area contributed by atoms with Crippen molar-refractivity contribution >= 4 is 233 Å². The van der Waals surface area contributed by atoms with E-state index in [0.717, 1.165) is 128 Å². The Kier molecular flexibility index (Phi) is 72.7. The van der Waals surface area contributed by atoms with Gasteiger partial charge in [-0.2, -0.15) is 11.1 Å². The van der Waals surface area contributed by atoms with Gasteiger partial charge in [-0.25, -0.2) is 15.0 Å². The average Bonchev–Trinajstić information content (AvgIpc) is 0.908. The van der Waals surface area contributed by atoms with Crippen LogP contribution in [0.5, 0.6) is 0 Å². The molecular formula is C71H157Cl7N8O12S2Si12. The quantitative estimate of drug-likeness (QED) is 0.00810. The van der Waals surface area contributed by atoms with Crippen LogP contribution in [0.4, 0.5) is 0 Å². The van der Waals surface area contributed by atoms with Crippen LogP contribution in [0.1, 0.15) is 89.9 Å². The maximum absolute atomic E-state index is 11.3. The molecule has 0 aliphatic rings. The molecule has 0 radical (unpaired) electrons. The first kappa shape index (κ1) is 123. The molecule has 662 valence electrons. The van der Waals surface area contributed by atoms with Gasteiger partial charge in [0.25, 0.3) is 0 Å². The number of hydrogen-bond donors (Lipinski definition) is 7. The van der Waals surface area contributed by atoms with Gasteiger partial charge in [-0.3, -0.25) is 24.0 Å². The first-order valence-electron chi connectivity index (χ1n) is 39.3. The lowest BCUT2D eigenvalue weighted by atomic mass is 10.3. The second kappa shape index (κ2) is 66.1. The number of nitrogens with zero attached hydrogens (tertiary/aromatic N) is 3. The second-order valence-corrected chi connectivity index (χ2v) is 94.6. The SMILES string of the molecule is CNC(=O)CCC[Si](C)(C)Cl.CNC(=O)CCC[Si](C)(C)O[Si](C)(C)CCCCl.CNC(=O)CCC[Si](C)(C)O[Si](C)(C)CCl.CNC(=O)CCC[Si](C)(C)O[Si](C)(C)CSc1ncccn1.C[Si](C)(CCCCl)O[Si](C)(C)CCCC(=O)O.C[Si](C)(CCCCl)O[Si](C)(C)CCCCl.C[Si](C)(O)CCl.S=c1nccc[nH]1. The van der Waals surface area contributed by atoms with Crippen molar-refractivity contribution in [2.75, 3.05) is 68.1 Å². The number of carbonyl (C=O) groups excluding carboxylic acids is 4. The van der Waals surface area contributed by atoms with Crippen LogP contribution in [0.25, 0.3) is 0 Å². The molecule has 2 heterocycles. The Balaban J connectivity index is -0.000000293. The third-order valence-electron chi connectivity index (χ3n) is 15.7. The predicted molar refractivity (Wildman–Crippen MR) is 522 cm³/mol. The van der Waals surface area contributed by atoms with Crippen molar-refractivity contribution in [3.05, 3.63) is 41.7 Å². The molecule has 0 aliphatic heterocycles. The summed E-state index contributed by atoms with van der Waals surface area (Å²) >= 11 is 46.5. The number of carboxylic acid groups (broad SMARTS) is 1. The zero-order valence-electron chi connectivity index (χ0n) is 74.5. The van der Waals surface area contributed by atoms with Crippen molar-refractivity contribution < 1.29 is 54.5 Å². The second-order valence-electron chi connectivity index (χ2n) is 34.8. The topological polar surface area (TPSA) is 275 Å². The van der Waals surface area contributed by atoms with Crippen LogP contribution in [0.15, 0.2) is 42.1 Å². The number of aromatic nitrogens is 4. The van der Waals surface area contributed by atoms with Crippen LogP contribution in [0, 0.1) is 4.77 Å². The Morgan fingerprint density at radius 2 is 0.643 bits per heavy atom. The van der Waals surface area contributed by atoms with Gasteiger partial charge in [0.2, 0.25) is 23.6 Å². The van der Waals surface area contributed by atoms with Crippen LogP contribution in [0.2, 0.25) is 212 Å². The number of carboxylic acids is 1. The number of hydrogen-bond acceptors (Lipinski definition) is 16. The summed E-state index contributed by atoms with van der Waals surface area (Å²) in [4.78, 5) is 78.6. The number of rotatable bonds is 47. The van der Waals surface area contributed by atoms with Crippen LogP contribution in [-0.4, -0.2) is 226 Å². The third-order valence-corrected chi connectivity index (χ3v) is 62.7. The van der Waals surface area contributed by atoms with Gasteiger partial charge < -0.3 is 56.7 Å². The molecule has 2 aromatic heterocycles. The Morgan fingerprint density at radius 1 is 0.393 bits per heavy atom. The molecule has 0 saturated heterocycles. The van der Waals surface area contributed by atoms with E-state index >= 15 is 0 Å². The summed E-state index contributed by atoms with van der Waals surface area (Å²) < 4.78 is 32.4. The van der Waals surface area contributed by atoms with Gasteiger partial charge in [-0.05, 0) is 281 Å². The van der Waals surface area contributed by atoms with E-state index in [1.54, 1.807) is 83.9 Å². The molecule has 2 rings (SSSR count). The number of aromatic amines is 1. The molecule has 0 bridgehead atoms. The van der Waals surface area contributed by atoms with Gasteiger partial charge in [-0.1, -0.05) is 24.9 Å². The van der Waals surface area contributed by atoms with Crippen LogP contribution < -0.4 is 21.3 Å². The Labute approximate surface area is 738 Å². The number of alkyl halides is 6. The van der Waals surface area contributed by atoms with Gasteiger partial charge in [0, 0.05) is 125 Å². The fourth-order valence-electron chi connectivity index (χ4n) is 10.9. The smallest absolute Gasteiger partial charge is 0.303 e. The van der Waals surface area contributed by atoms with Gasteiger partial charge >= 0.3 is 5.97 Å². The molecule has 20 nitrogen and oxygen atoms in total. The first-order chi connectivity index (χ1) is 51.1. The zero-order chi connectivity index (χ0) is 88.4. The third kappa shape index (κ3) is 89.7. The Hall–Kier alpha value is 0.473. The molecule has 0 unspecified atom stereocenters. The fourth-order valence-corrected chi connectivity index (χ4v) is 59.0. The number of carbonyl (C=O) groups is 5. The molecule has 112 heavy (non-hydrogen) atoms. The molecule has 0 aromatic carbocycles. The van der Waals surface area contributed by atoms with E-state index < -0.39 is 105 Å². The van der Waals surface area contributed by atoms with E-state index in [9.17, 15) is 24.0 Å². The minimum Gasteiger partial charge on any atom is -0.481 e. The lowest BCUT2D eigenvalue weighted by molar-refractivity contribution is -0.137.